The Morgan fingerprint density at radius 2 is 1.71 bits per heavy atom. The summed E-state index contributed by atoms with van der Waals surface area (Å²) < 4.78 is 40.7. The van der Waals surface area contributed by atoms with Crippen LogP contribution in [0.25, 0.3) is 5.69 Å². The molecule has 10 heteroatoms. The van der Waals surface area contributed by atoms with Crippen LogP contribution >= 0.6 is 0 Å². The fourth-order valence-corrected chi connectivity index (χ4v) is 6.27. The third kappa shape index (κ3) is 4.89. The molecule has 0 saturated carbocycles. The molecule has 0 bridgehead atoms. The molecule has 2 aromatic carbocycles. The second-order valence-corrected chi connectivity index (χ2v) is 10.4. The number of hydrogen-bond donors (Lipinski definition) is 1. The molecule has 0 aliphatic carbocycles. The average molecular weight is 499 g/mol. The first kappa shape index (κ1) is 24.7. The Bertz CT molecular complexity index is 1310. The van der Waals surface area contributed by atoms with Crippen LogP contribution in [-0.4, -0.2) is 55.7 Å². The zero-order valence-electron chi connectivity index (χ0n) is 20.3. The third-order valence-electron chi connectivity index (χ3n) is 6.31. The molecule has 4 rings (SSSR count). The second-order valence-electron chi connectivity index (χ2n) is 8.48. The minimum absolute atomic E-state index is 0.158. The molecule has 0 spiro atoms. The van der Waals surface area contributed by atoms with Crippen LogP contribution in [0.5, 0.6) is 11.5 Å². The van der Waals surface area contributed by atoms with Gasteiger partial charge in [-0.15, -0.1) is 0 Å². The summed E-state index contributed by atoms with van der Waals surface area (Å²) in [7, 11) is -0.667. The number of aryl methyl sites for hydroxylation is 1. The zero-order valence-corrected chi connectivity index (χ0v) is 21.1. The highest BCUT2D eigenvalue weighted by molar-refractivity contribution is 7.89. The first-order chi connectivity index (χ1) is 16.8. The Balaban J connectivity index is 1.46. The number of methoxy groups -OCH3 is 2. The highest BCUT2D eigenvalue weighted by atomic mass is 32.2. The summed E-state index contributed by atoms with van der Waals surface area (Å²) in [5, 5.41) is 7.39. The number of nitrogens with zero attached hydrogens (tertiary/aromatic N) is 3. The highest BCUT2D eigenvalue weighted by Crippen LogP contribution is 2.32. The van der Waals surface area contributed by atoms with Gasteiger partial charge in [0.05, 0.1) is 37.0 Å². The Kier molecular flexibility index (Phi) is 7.13. The number of para-hydroxylation sites is 1. The smallest absolute Gasteiger partial charge is 0.246 e. The average Bonchev–Trinajstić information content (AvgIpc) is 3.19. The minimum atomic E-state index is -3.75. The lowest BCUT2D eigenvalue weighted by Crippen LogP contribution is -2.41. The number of nitrogens with one attached hydrogen (secondary N) is 1. The quantitative estimate of drug-likeness (QED) is 0.535. The van der Waals surface area contributed by atoms with Crippen molar-refractivity contribution in [2.45, 2.75) is 31.6 Å². The largest absolute Gasteiger partial charge is 0.497 e. The monoisotopic (exact) mass is 498 g/mol. The maximum absolute atomic E-state index is 13.5. The van der Waals surface area contributed by atoms with Crippen LogP contribution in [0.15, 0.2) is 53.4 Å². The van der Waals surface area contributed by atoms with Crippen molar-refractivity contribution >= 4 is 21.6 Å². The molecule has 1 fully saturated rings. The van der Waals surface area contributed by atoms with E-state index in [0.29, 0.717) is 41.4 Å². The fraction of sp³-hybridized carbons (Fsp3) is 0.360. The van der Waals surface area contributed by atoms with Crippen LogP contribution in [-0.2, 0) is 14.8 Å². The standard InChI is InChI=1S/C25H30N4O5S/c1-17-24(18(2)29(27-17)20-8-6-5-7-9-20)35(31,32)28-14-12-19(13-15-28)25(30)26-22-11-10-21(33-3)16-23(22)34-4/h5-11,16,19H,12-15H2,1-4H3,(H,26,30). The van der Waals surface area contributed by atoms with E-state index in [1.54, 1.807) is 43.8 Å². The SMILES string of the molecule is COc1ccc(NC(=O)C2CCN(S(=O)(=O)c3c(C)nn(-c4ccccc4)c3C)CC2)c(OC)c1. The molecule has 0 radical (unpaired) electrons. The number of ether oxygens (including phenoxy) is 2. The summed E-state index contributed by atoms with van der Waals surface area (Å²) in [6, 6.07) is 14.6. The van der Waals surface area contributed by atoms with Gasteiger partial charge in [0.1, 0.15) is 16.4 Å². The molecule has 35 heavy (non-hydrogen) atoms. The number of amides is 1. The molecule has 186 valence electrons. The van der Waals surface area contributed by atoms with E-state index in [2.05, 4.69) is 10.4 Å². The summed E-state index contributed by atoms with van der Waals surface area (Å²) in [6.07, 6.45) is 0.850. The van der Waals surface area contributed by atoms with Crippen molar-refractivity contribution in [1.82, 2.24) is 14.1 Å². The summed E-state index contributed by atoms with van der Waals surface area (Å²) in [6.45, 7) is 4.00. The van der Waals surface area contributed by atoms with Gasteiger partial charge in [0.2, 0.25) is 15.9 Å². The minimum Gasteiger partial charge on any atom is -0.497 e. The number of hydrogen-bond acceptors (Lipinski definition) is 6. The van der Waals surface area contributed by atoms with Crippen LogP contribution in [0.3, 0.4) is 0 Å². The molecule has 1 aliphatic rings. The number of sulfonamides is 1. The van der Waals surface area contributed by atoms with Gasteiger partial charge in [-0.25, -0.2) is 13.1 Å². The van der Waals surface area contributed by atoms with Gasteiger partial charge in [-0.3, -0.25) is 4.79 Å². The molecular weight excluding hydrogens is 468 g/mol. The molecule has 9 nitrogen and oxygen atoms in total. The van der Waals surface area contributed by atoms with Gasteiger partial charge in [-0.1, -0.05) is 18.2 Å². The first-order valence-electron chi connectivity index (χ1n) is 11.4. The summed E-state index contributed by atoms with van der Waals surface area (Å²) in [5.41, 5.74) is 2.38. The van der Waals surface area contributed by atoms with Crippen molar-refractivity contribution in [2.75, 3.05) is 32.6 Å². The van der Waals surface area contributed by atoms with E-state index < -0.39 is 10.0 Å². The topological polar surface area (TPSA) is 103 Å². The molecule has 1 N–H and O–H groups in total. The predicted octanol–water partition coefficient (Wildman–Crippen LogP) is 3.55. The molecule has 3 aromatic rings. The number of rotatable bonds is 7. The second kappa shape index (κ2) is 10.1. The normalized spacial score (nSPS) is 15.1. The van der Waals surface area contributed by atoms with Crippen molar-refractivity contribution in [3.63, 3.8) is 0 Å². The lowest BCUT2D eigenvalue weighted by molar-refractivity contribution is -0.120. The lowest BCUT2D eigenvalue weighted by atomic mass is 9.97. The molecule has 1 saturated heterocycles. The van der Waals surface area contributed by atoms with Crippen LogP contribution in [0.2, 0.25) is 0 Å². The highest BCUT2D eigenvalue weighted by Gasteiger charge is 2.35. The van der Waals surface area contributed by atoms with E-state index in [0.717, 1.165) is 5.69 Å². The molecule has 0 unspecified atom stereocenters. The number of benzene rings is 2. The Morgan fingerprint density at radius 3 is 2.34 bits per heavy atom. The van der Waals surface area contributed by atoms with E-state index in [-0.39, 0.29) is 29.8 Å². The summed E-state index contributed by atoms with van der Waals surface area (Å²) in [4.78, 5) is 13.1. The van der Waals surface area contributed by atoms with Crippen molar-refractivity contribution in [3.05, 3.63) is 59.9 Å². The number of piperidine rings is 1. The van der Waals surface area contributed by atoms with Gasteiger partial charge in [0.15, 0.2) is 0 Å². The Hall–Kier alpha value is -3.37. The molecule has 1 aromatic heterocycles. The molecule has 1 aliphatic heterocycles. The summed E-state index contributed by atoms with van der Waals surface area (Å²) in [5.74, 6) is 0.663. The molecule has 1 amide bonds. The molecule has 0 atom stereocenters. The van der Waals surface area contributed by atoms with Crippen LogP contribution in [0, 0.1) is 19.8 Å². The van der Waals surface area contributed by atoms with Crippen LogP contribution < -0.4 is 14.8 Å². The Labute approximate surface area is 205 Å². The van der Waals surface area contributed by atoms with Gasteiger partial charge in [-0.2, -0.15) is 9.40 Å². The van der Waals surface area contributed by atoms with Crippen molar-refractivity contribution in [2.24, 2.45) is 5.92 Å². The number of carbonyl (C=O) groups is 1. The van der Waals surface area contributed by atoms with Gasteiger partial charge < -0.3 is 14.8 Å². The molecule has 2 heterocycles. The van der Waals surface area contributed by atoms with E-state index in [1.807, 2.05) is 30.3 Å². The van der Waals surface area contributed by atoms with Gasteiger partial charge in [-0.05, 0) is 51.0 Å². The van der Waals surface area contributed by atoms with Crippen molar-refractivity contribution in [3.8, 4) is 17.2 Å². The lowest BCUT2D eigenvalue weighted by Gasteiger charge is -2.30. The van der Waals surface area contributed by atoms with Gasteiger partial charge >= 0.3 is 0 Å². The zero-order chi connectivity index (χ0) is 25.2. The van der Waals surface area contributed by atoms with E-state index >= 15 is 0 Å². The number of aromatic nitrogens is 2. The number of anilines is 1. The maximum Gasteiger partial charge on any atom is 0.246 e. The first-order valence-corrected chi connectivity index (χ1v) is 12.8. The van der Waals surface area contributed by atoms with Gasteiger partial charge in [0.25, 0.3) is 0 Å². The van der Waals surface area contributed by atoms with E-state index in [4.69, 9.17) is 9.47 Å². The third-order valence-corrected chi connectivity index (χ3v) is 8.47. The van der Waals surface area contributed by atoms with Crippen LogP contribution in [0.1, 0.15) is 24.2 Å². The molecular formula is C25H30N4O5S. The van der Waals surface area contributed by atoms with Crippen molar-refractivity contribution < 1.29 is 22.7 Å². The van der Waals surface area contributed by atoms with Crippen molar-refractivity contribution in [1.29, 1.82) is 0 Å². The predicted molar refractivity (Wildman–Crippen MR) is 133 cm³/mol. The van der Waals surface area contributed by atoms with Crippen LogP contribution in [0.4, 0.5) is 5.69 Å². The van der Waals surface area contributed by atoms with E-state index in [9.17, 15) is 13.2 Å². The maximum atomic E-state index is 13.5. The number of carbonyl (C=O) groups excluding carboxylic acids is 1. The van der Waals surface area contributed by atoms with Gasteiger partial charge in [0, 0.05) is 25.1 Å². The van der Waals surface area contributed by atoms with E-state index in [1.165, 1.54) is 11.4 Å². The summed E-state index contributed by atoms with van der Waals surface area (Å²) >= 11 is 0. The fourth-order valence-electron chi connectivity index (χ4n) is 4.45. The Morgan fingerprint density at radius 1 is 1.03 bits per heavy atom.